The summed E-state index contributed by atoms with van der Waals surface area (Å²) in [5.74, 6) is -0.0374. The number of hydrogen-bond donors (Lipinski definition) is 1. The van der Waals surface area contributed by atoms with Crippen LogP contribution in [0.5, 0.6) is 0 Å². The Balaban J connectivity index is 1.50. The molecule has 1 aromatic carbocycles. The molecule has 0 aromatic heterocycles. The standard InChI is InChI=1S/C18H23ClN4O/c19-15-5-1-2-6-16(15)23-11-9-22(10-12-23)13-17(24)21-18(14-20)7-3-4-8-18/h1-2,5-6H,3-4,7-13H2,(H,21,24). The Morgan fingerprint density at radius 1 is 1.21 bits per heavy atom. The van der Waals surface area contributed by atoms with E-state index in [1.54, 1.807) is 0 Å². The summed E-state index contributed by atoms with van der Waals surface area (Å²) in [6, 6.07) is 10.2. The van der Waals surface area contributed by atoms with Crippen molar-refractivity contribution >= 4 is 23.2 Å². The van der Waals surface area contributed by atoms with E-state index in [0.717, 1.165) is 62.6 Å². The summed E-state index contributed by atoms with van der Waals surface area (Å²) in [6.07, 6.45) is 3.58. The number of piperazine rings is 1. The number of nitrogens with zero attached hydrogens (tertiary/aromatic N) is 3. The molecular weight excluding hydrogens is 324 g/mol. The molecule has 3 rings (SSSR count). The molecule has 1 saturated heterocycles. The molecule has 6 heteroatoms. The SMILES string of the molecule is N#CC1(NC(=O)CN2CCN(c3ccccc3Cl)CC2)CCCC1. The van der Waals surface area contributed by atoms with Gasteiger partial charge in [0.1, 0.15) is 5.54 Å². The van der Waals surface area contributed by atoms with Crippen LogP contribution in [0.1, 0.15) is 25.7 Å². The molecule has 2 fully saturated rings. The van der Waals surface area contributed by atoms with Crippen molar-refractivity contribution in [1.82, 2.24) is 10.2 Å². The minimum atomic E-state index is -0.629. The number of carbonyl (C=O) groups excluding carboxylic acids is 1. The second-order valence-corrected chi connectivity index (χ2v) is 7.07. The molecule has 1 heterocycles. The number of hydrogen-bond acceptors (Lipinski definition) is 4. The summed E-state index contributed by atoms with van der Waals surface area (Å²) in [6.45, 7) is 3.69. The van der Waals surface area contributed by atoms with E-state index in [-0.39, 0.29) is 5.91 Å². The Morgan fingerprint density at radius 2 is 1.88 bits per heavy atom. The topological polar surface area (TPSA) is 59.4 Å². The largest absolute Gasteiger partial charge is 0.368 e. The van der Waals surface area contributed by atoms with Gasteiger partial charge >= 0.3 is 0 Å². The summed E-state index contributed by atoms with van der Waals surface area (Å²) in [5.41, 5.74) is 0.425. The molecule has 1 N–H and O–H groups in total. The maximum absolute atomic E-state index is 12.3. The van der Waals surface area contributed by atoms with Gasteiger partial charge in [-0.15, -0.1) is 0 Å². The molecule has 0 spiro atoms. The van der Waals surface area contributed by atoms with E-state index in [9.17, 15) is 10.1 Å². The van der Waals surface area contributed by atoms with E-state index in [1.807, 2.05) is 24.3 Å². The van der Waals surface area contributed by atoms with Gasteiger partial charge in [-0.25, -0.2) is 0 Å². The first-order valence-corrected chi connectivity index (χ1v) is 8.94. The third-order valence-electron chi connectivity index (χ3n) is 4.98. The number of carbonyl (C=O) groups is 1. The zero-order valence-electron chi connectivity index (χ0n) is 13.8. The Kier molecular flexibility index (Phi) is 5.27. The van der Waals surface area contributed by atoms with Crippen LogP contribution >= 0.6 is 11.6 Å². The maximum atomic E-state index is 12.3. The molecule has 1 saturated carbocycles. The number of benzene rings is 1. The van der Waals surface area contributed by atoms with E-state index in [1.165, 1.54) is 0 Å². The first-order valence-electron chi connectivity index (χ1n) is 8.56. The fraction of sp³-hybridized carbons (Fsp3) is 0.556. The van der Waals surface area contributed by atoms with E-state index < -0.39 is 5.54 Å². The third-order valence-corrected chi connectivity index (χ3v) is 5.30. The van der Waals surface area contributed by atoms with Crippen LogP contribution in [0.15, 0.2) is 24.3 Å². The molecule has 0 radical (unpaired) electrons. The summed E-state index contributed by atoms with van der Waals surface area (Å²) in [7, 11) is 0. The number of para-hydroxylation sites is 1. The van der Waals surface area contributed by atoms with Crippen molar-refractivity contribution in [3.63, 3.8) is 0 Å². The van der Waals surface area contributed by atoms with Crippen molar-refractivity contribution in [2.45, 2.75) is 31.2 Å². The van der Waals surface area contributed by atoms with Gasteiger partial charge < -0.3 is 10.2 Å². The smallest absolute Gasteiger partial charge is 0.235 e. The van der Waals surface area contributed by atoms with Crippen molar-refractivity contribution in [2.24, 2.45) is 0 Å². The summed E-state index contributed by atoms with van der Waals surface area (Å²) >= 11 is 6.25. The highest BCUT2D eigenvalue weighted by molar-refractivity contribution is 6.33. The van der Waals surface area contributed by atoms with Crippen molar-refractivity contribution in [3.8, 4) is 6.07 Å². The minimum absolute atomic E-state index is 0.0374. The van der Waals surface area contributed by atoms with Gasteiger partial charge in [0, 0.05) is 26.2 Å². The zero-order valence-corrected chi connectivity index (χ0v) is 14.6. The highest BCUT2D eigenvalue weighted by atomic mass is 35.5. The van der Waals surface area contributed by atoms with E-state index in [0.29, 0.717) is 6.54 Å². The van der Waals surface area contributed by atoms with Crippen LogP contribution in [-0.2, 0) is 4.79 Å². The highest BCUT2D eigenvalue weighted by Crippen LogP contribution is 2.29. The molecular formula is C18H23ClN4O. The molecule has 1 aromatic rings. The van der Waals surface area contributed by atoms with Gasteiger partial charge in [-0.05, 0) is 37.8 Å². The monoisotopic (exact) mass is 346 g/mol. The van der Waals surface area contributed by atoms with Crippen molar-refractivity contribution < 1.29 is 4.79 Å². The van der Waals surface area contributed by atoms with Gasteiger partial charge in [-0.3, -0.25) is 9.69 Å². The lowest BCUT2D eigenvalue weighted by Gasteiger charge is -2.36. The first-order chi connectivity index (χ1) is 11.6. The second-order valence-electron chi connectivity index (χ2n) is 6.66. The Morgan fingerprint density at radius 3 is 2.50 bits per heavy atom. The third kappa shape index (κ3) is 3.82. The number of rotatable bonds is 4. The molecule has 0 atom stereocenters. The molecule has 0 unspecified atom stereocenters. The van der Waals surface area contributed by atoms with Crippen LogP contribution < -0.4 is 10.2 Å². The summed E-state index contributed by atoms with van der Waals surface area (Å²) < 4.78 is 0. The Bertz CT molecular complexity index is 628. The van der Waals surface area contributed by atoms with Crippen LogP contribution in [0.3, 0.4) is 0 Å². The Hall–Kier alpha value is -1.77. The van der Waals surface area contributed by atoms with Crippen molar-refractivity contribution in [3.05, 3.63) is 29.3 Å². The molecule has 1 amide bonds. The second kappa shape index (κ2) is 7.42. The number of amides is 1. The summed E-state index contributed by atoms with van der Waals surface area (Å²) in [5, 5.41) is 13.1. The lowest BCUT2D eigenvalue weighted by molar-refractivity contribution is -0.123. The molecule has 5 nitrogen and oxygen atoms in total. The van der Waals surface area contributed by atoms with E-state index >= 15 is 0 Å². The van der Waals surface area contributed by atoms with Gasteiger partial charge in [0.15, 0.2) is 0 Å². The average molecular weight is 347 g/mol. The molecule has 128 valence electrons. The molecule has 1 aliphatic heterocycles. The fourth-order valence-corrected chi connectivity index (χ4v) is 3.86. The van der Waals surface area contributed by atoms with Crippen LogP contribution in [0.4, 0.5) is 5.69 Å². The molecule has 24 heavy (non-hydrogen) atoms. The number of halogens is 1. The predicted octanol–water partition coefficient (Wildman–Crippen LogP) is 2.41. The van der Waals surface area contributed by atoms with Crippen molar-refractivity contribution in [1.29, 1.82) is 5.26 Å². The van der Waals surface area contributed by atoms with Gasteiger partial charge in [-0.2, -0.15) is 5.26 Å². The van der Waals surface area contributed by atoms with Gasteiger partial charge in [0.25, 0.3) is 0 Å². The predicted molar refractivity (Wildman–Crippen MR) is 95.1 cm³/mol. The Labute approximate surface area is 148 Å². The van der Waals surface area contributed by atoms with Crippen LogP contribution in [-0.4, -0.2) is 49.1 Å². The fourth-order valence-electron chi connectivity index (χ4n) is 3.61. The van der Waals surface area contributed by atoms with Crippen LogP contribution in [0.2, 0.25) is 5.02 Å². The lowest BCUT2D eigenvalue weighted by Crippen LogP contribution is -2.53. The number of nitrogens with one attached hydrogen (secondary N) is 1. The molecule has 0 bridgehead atoms. The first kappa shape index (κ1) is 17.1. The highest BCUT2D eigenvalue weighted by Gasteiger charge is 2.35. The zero-order chi connectivity index (χ0) is 17.0. The van der Waals surface area contributed by atoms with E-state index in [4.69, 9.17) is 11.6 Å². The molecule has 1 aliphatic carbocycles. The van der Waals surface area contributed by atoms with Crippen LogP contribution in [0, 0.1) is 11.3 Å². The average Bonchev–Trinajstić information content (AvgIpc) is 3.05. The number of nitriles is 1. The van der Waals surface area contributed by atoms with Gasteiger partial charge in [0.05, 0.1) is 23.3 Å². The van der Waals surface area contributed by atoms with Crippen LogP contribution in [0.25, 0.3) is 0 Å². The normalized spacial score (nSPS) is 20.6. The number of anilines is 1. The van der Waals surface area contributed by atoms with Gasteiger partial charge in [-0.1, -0.05) is 23.7 Å². The minimum Gasteiger partial charge on any atom is -0.368 e. The lowest BCUT2D eigenvalue weighted by atomic mass is 10.00. The maximum Gasteiger partial charge on any atom is 0.235 e. The quantitative estimate of drug-likeness (QED) is 0.909. The summed E-state index contributed by atoms with van der Waals surface area (Å²) in [4.78, 5) is 16.7. The van der Waals surface area contributed by atoms with Crippen molar-refractivity contribution in [2.75, 3.05) is 37.6 Å². The van der Waals surface area contributed by atoms with E-state index in [2.05, 4.69) is 21.2 Å². The molecule has 2 aliphatic rings. The van der Waals surface area contributed by atoms with Gasteiger partial charge in [0.2, 0.25) is 5.91 Å².